The fourth-order valence-corrected chi connectivity index (χ4v) is 3.86. The van der Waals surface area contributed by atoms with Gasteiger partial charge >= 0.3 is 0 Å². The quantitative estimate of drug-likeness (QED) is 0.704. The molecule has 0 spiro atoms. The number of aromatic nitrogens is 3. The Morgan fingerprint density at radius 1 is 1.15 bits per heavy atom. The van der Waals surface area contributed by atoms with E-state index < -0.39 is 6.10 Å². The van der Waals surface area contributed by atoms with E-state index in [0.29, 0.717) is 18.0 Å². The van der Waals surface area contributed by atoms with E-state index in [1.807, 2.05) is 30.6 Å². The molecule has 2 N–H and O–H groups in total. The van der Waals surface area contributed by atoms with E-state index in [4.69, 9.17) is 0 Å². The molecule has 1 aliphatic carbocycles. The van der Waals surface area contributed by atoms with Gasteiger partial charge in [0.05, 0.1) is 12.3 Å². The second-order valence-electron chi connectivity index (χ2n) is 7.13. The molecular formula is C21H23FN4O. The zero-order valence-electron chi connectivity index (χ0n) is 15.0. The Bertz CT molecular complexity index is 883. The van der Waals surface area contributed by atoms with Crippen LogP contribution < -0.4 is 5.32 Å². The number of halogens is 1. The van der Waals surface area contributed by atoms with Crippen LogP contribution in [0.2, 0.25) is 0 Å². The third-order valence-electron chi connectivity index (χ3n) is 5.24. The number of aliphatic hydroxyl groups excluding tert-OH is 1. The highest BCUT2D eigenvalue weighted by molar-refractivity contribution is 5.55. The minimum absolute atomic E-state index is 0.0359. The summed E-state index contributed by atoms with van der Waals surface area (Å²) in [5, 5.41) is 13.7. The van der Waals surface area contributed by atoms with Gasteiger partial charge in [0.15, 0.2) is 0 Å². The Hall–Kier alpha value is -2.57. The smallest absolute Gasteiger partial charge is 0.145 e. The van der Waals surface area contributed by atoms with Gasteiger partial charge in [0.2, 0.25) is 0 Å². The molecule has 0 saturated heterocycles. The summed E-state index contributed by atoms with van der Waals surface area (Å²) in [5.74, 6) is 0.969. The van der Waals surface area contributed by atoms with Crippen LogP contribution in [0.25, 0.3) is 11.4 Å². The maximum atomic E-state index is 13.7. The number of benzene rings is 1. The number of rotatable bonds is 6. The molecule has 0 amide bonds. The van der Waals surface area contributed by atoms with Gasteiger partial charge in [-0.05, 0) is 24.8 Å². The molecule has 1 aromatic carbocycles. The van der Waals surface area contributed by atoms with Gasteiger partial charge in [0, 0.05) is 48.8 Å². The van der Waals surface area contributed by atoms with Gasteiger partial charge < -0.3 is 15.0 Å². The molecule has 6 heteroatoms. The summed E-state index contributed by atoms with van der Waals surface area (Å²) in [4.78, 5) is 8.26. The maximum absolute atomic E-state index is 13.7. The van der Waals surface area contributed by atoms with E-state index in [-0.39, 0.29) is 11.9 Å². The second-order valence-corrected chi connectivity index (χ2v) is 7.13. The molecule has 4 rings (SSSR count). The molecule has 1 fully saturated rings. The number of hydrogen-bond donors (Lipinski definition) is 2. The van der Waals surface area contributed by atoms with Crippen molar-refractivity contribution in [1.29, 1.82) is 0 Å². The van der Waals surface area contributed by atoms with Crippen molar-refractivity contribution in [2.24, 2.45) is 5.92 Å². The number of pyridine rings is 1. The summed E-state index contributed by atoms with van der Waals surface area (Å²) in [7, 11) is 0. The molecule has 3 aromatic rings. The second kappa shape index (κ2) is 7.98. The van der Waals surface area contributed by atoms with Crippen molar-refractivity contribution in [2.45, 2.75) is 38.1 Å². The molecule has 1 saturated carbocycles. The third-order valence-corrected chi connectivity index (χ3v) is 5.24. The van der Waals surface area contributed by atoms with Crippen molar-refractivity contribution in [3.05, 3.63) is 72.6 Å². The molecule has 2 heterocycles. The molecule has 5 nitrogen and oxygen atoms in total. The standard InChI is InChI=1S/C21H23FN4O/c22-18-13-23-7-6-17(18)12-25-19-10-15(11-20(19)27)14-26-9-8-24-21(26)16-4-2-1-3-5-16/h1-9,13,15,19-20,25,27H,10-12,14H2/t15?,19-,20-/m1/s1. The number of hydrogen-bond acceptors (Lipinski definition) is 4. The maximum Gasteiger partial charge on any atom is 0.145 e. The topological polar surface area (TPSA) is 63.0 Å². The Labute approximate surface area is 157 Å². The lowest BCUT2D eigenvalue weighted by Gasteiger charge is -2.17. The molecular weight excluding hydrogens is 343 g/mol. The first-order valence-electron chi connectivity index (χ1n) is 9.27. The van der Waals surface area contributed by atoms with Gasteiger partial charge in [0.25, 0.3) is 0 Å². The minimum atomic E-state index is -0.427. The van der Waals surface area contributed by atoms with Gasteiger partial charge in [-0.2, -0.15) is 0 Å². The summed E-state index contributed by atoms with van der Waals surface area (Å²) in [5.41, 5.74) is 1.66. The highest BCUT2D eigenvalue weighted by Crippen LogP contribution is 2.29. The van der Waals surface area contributed by atoms with Crippen molar-refractivity contribution < 1.29 is 9.50 Å². The minimum Gasteiger partial charge on any atom is -0.391 e. The Kier molecular flexibility index (Phi) is 5.27. The first-order valence-corrected chi connectivity index (χ1v) is 9.27. The number of imidazole rings is 1. The molecule has 27 heavy (non-hydrogen) atoms. The molecule has 0 radical (unpaired) electrons. The van der Waals surface area contributed by atoms with Crippen molar-refractivity contribution >= 4 is 0 Å². The van der Waals surface area contributed by atoms with E-state index in [1.165, 1.54) is 6.20 Å². The number of nitrogens with zero attached hydrogens (tertiary/aromatic N) is 3. The molecule has 2 aromatic heterocycles. The van der Waals surface area contributed by atoms with Crippen LogP contribution in [0.15, 0.2) is 61.2 Å². The summed E-state index contributed by atoms with van der Waals surface area (Å²) < 4.78 is 15.9. The molecule has 1 unspecified atom stereocenters. The summed E-state index contributed by atoms with van der Waals surface area (Å²) in [6.45, 7) is 1.20. The monoisotopic (exact) mass is 366 g/mol. The van der Waals surface area contributed by atoms with Crippen LogP contribution in [-0.4, -0.2) is 31.8 Å². The van der Waals surface area contributed by atoms with Gasteiger partial charge in [-0.1, -0.05) is 30.3 Å². The van der Waals surface area contributed by atoms with Crippen LogP contribution >= 0.6 is 0 Å². The fourth-order valence-electron chi connectivity index (χ4n) is 3.86. The first kappa shape index (κ1) is 17.8. The van der Waals surface area contributed by atoms with Crippen LogP contribution in [0.5, 0.6) is 0 Å². The first-order chi connectivity index (χ1) is 13.2. The van der Waals surface area contributed by atoms with E-state index in [0.717, 1.165) is 30.8 Å². The lowest BCUT2D eigenvalue weighted by Crippen LogP contribution is -2.35. The summed E-state index contributed by atoms with van der Waals surface area (Å²) in [6, 6.07) is 11.7. The molecule has 3 atom stereocenters. The lowest BCUT2D eigenvalue weighted by atomic mass is 10.1. The van der Waals surface area contributed by atoms with Crippen molar-refractivity contribution in [3.8, 4) is 11.4 Å². The zero-order chi connectivity index (χ0) is 18.6. The van der Waals surface area contributed by atoms with Crippen LogP contribution in [0.3, 0.4) is 0 Å². The Balaban J connectivity index is 1.38. The number of aliphatic hydroxyl groups is 1. The van der Waals surface area contributed by atoms with Gasteiger partial charge in [0.1, 0.15) is 11.6 Å². The Morgan fingerprint density at radius 2 is 2.00 bits per heavy atom. The van der Waals surface area contributed by atoms with Crippen LogP contribution in [0.4, 0.5) is 4.39 Å². The highest BCUT2D eigenvalue weighted by Gasteiger charge is 2.33. The lowest BCUT2D eigenvalue weighted by molar-refractivity contribution is 0.145. The SMILES string of the molecule is O[C@@H]1CC(Cn2ccnc2-c2ccccc2)C[C@H]1NCc1ccncc1F. The van der Waals surface area contributed by atoms with Gasteiger partial charge in [-0.25, -0.2) is 9.37 Å². The predicted octanol–water partition coefficient (Wildman–Crippen LogP) is 3.01. The summed E-state index contributed by atoms with van der Waals surface area (Å²) in [6.07, 6.45) is 7.75. The zero-order valence-corrected chi connectivity index (χ0v) is 15.0. The van der Waals surface area contributed by atoms with Crippen LogP contribution in [-0.2, 0) is 13.1 Å². The number of nitrogens with one attached hydrogen (secondary N) is 1. The van der Waals surface area contributed by atoms with Gasteiger partial charge in [-0.3, -0.25) is 4.98 Å². The average Bonchev–Trinajstić information content (AvgIpc) is 3.28. The highest BCUT2D eigenvalue weighted by atomic mass is 19.1. The van der Waals surface area contributed by atoms with E-state index >= 15 is 0 Å². The molecule has 1 aliphatic rings. The van der Waals surface area contributed by atoms with E-state index in [9.17, 15) is 9.50 Å². The van der Waals surface area contributed by atoms with Crippen molar-refractivity contribution in [3.63, 3.8) is 0 Å². The third kappa shape index (κ3) is 4.07. The molecule has 0 aliphatic heterocycles. The predicted molar refractivity (Wildman–Crippen MR) is 101 cm³/mol. The molecule has 140 valence electrons. The molecule has 0 bridgehead atoms. The summed E-state index contributed by atoms with van der Waals surface area (Å²) >= 11 is 0. The van der Waals surface area contributed by atoms with E-state index in [2.05, 4.69) is 32.0 Å². The fraction of sp³-hybridized carbons (Fsp3) is 0.333. The van der Waals surface area contributed by atoms with Gasteiger partial charge in [-0.15, -0.1) is 0 Å². The van der Waals surface area contributed by atoms with Crippen LogP contribution in [0, 0.1) is 11.7 Å². The normalized spacial score (nSPS) is 22.2. The van der Waals surface area contributed by atoms with Crippen molar-refractivity contribution in [1.82, 2.24) is 19.9 Å². The van der Waals surface area contributed by atoms with Crippen LogP contribution in [0.1, 0.15) is 18.4 Å². The van der Waals surface area contributed by atoms with E-state index in [1.54, 1.807) is 12.3 Å². The van der Waals surface area contributed by atoms with Crippen molar-refractivity contribution in [2.75, 3.05) is 0 Å². The largest absolute Gasteiger partial charge is 0.391 e. The average molecular weight is 366 g/mol. The Morgan fingerprint density at radius 3 is 2.81 bits per heavy atom.